The molecule has 0 aliphatic rings. The molecule has 2 heterocycles. The van der Waals surface area contributed by atoms with Crippen LogP contribution in [0.25, 0.3) is 0 Å². The molecule has 0 bridgehead atoms. The largest absolute Gasteiger partial charge is 0.490 e. The number of hydrogen-bond donors (Lipinski definition) is 3. The molecule has 1 aromatic carbocycles. The van der Waals surface area contributed by atoms with Crippen LogP contribution in [0.1, 0.15) is 35.1 Å². The molecule has 0 saturated carbocycles. The fourth-order valence-corrected chi connectivity index (χ4v) is 4.29. The zero-order valence-electron chi connectivity index (χ0n) is 20.9. The second-order valence-electron chi connectivity index (χ2n) is 8.12. The highest BCUT2D eigenvalue weighted by atomic mass is 32.2. The van der Waals surface area contributed by atoms with Crippen LogP contribution in [0.2, 0.25) is 0 Å². The van der Waals surface area contributed by atoms with Crippen LogP contribution in [0.15, 0.2) is 47.5 Å². The summed E-state index contributed by atoms with van der Waals surface area (Å²) in [6.07, 6.45) is -2.94. The van der Waals surface area contributed by atoms with Crippen molar-refractivity contribution in [3.63, 3.8) is 0 Å². The maximum atomic E-state index is 13.1. The highest BCUT2D eigenvalue weighted by molar-refractivity contribution is 7.92. The van der Waals surface area contributed by atoms with Gasteiger partial charge in [0.05, 0.1) is 34.7 Å². The summed E-state index contributed by atoms with van der Waals surface area (Å²) in [5.41, 5.74) is 1.59. The standard InChI is InChI=1S/C21H24FN5O4S.C2HF3O2/c1-4-9-27-17(10-14(2)24-27)13-26(3)20-19(21(28)29)11-16(12-23-20)25-32(30,31)18-7-5-15(22)6-8-18;3-2(4,5)1(6)7/h5-8,10-12,25H,4,9,13H2,1-3H3,(H,28,29);(H,6,7). The van der Waals surface area contributed by atoms with Crippen LogP contribution in [0.3, 0.4) is 0 Å². The first-order valence-corrected chi connectivity index (χ1v) is 12.6. The highest BCUT2D eigenvalue weighted by Crippen LogP contribution is 2.24. The van der Waals surface area contributed by atoms with E-state index in [9.17, 15) is 35.9 Å². The van der Waals surface area contributed by atoms with E-state index in [0.29, 0.717) is 6.54 Å². The summed E-state index contributed by atoms with van der Waals surface area (Å²) in [6.45, 7) is 5.04. The van der Waals surface area contributed by atoms with Crippen molar-refractivity contribution >= 4 is 33.5 Å². The van der Waals surface area contributed by atoms with Gasteiger partial charge in [-0.3, -0.25) is 9.40 Å². The number of halogens is 4. The minimum absolute atomic E-state index is 0.0178. The molecule has 0 unspecified atom stereocenters. The molecule has 3 rings (SSSR count). The van der Waals surface area contributed by atoms with Crippen molar-refractivity contribution in [3.05, 3.63) is 65.4 Å². The number of rotatable bonds is 9. The number of anilines is 2. The van der Waals surface area contributed by atoms with E-state index in [1.807, 2.05) is 24.6 Å². The van der Waals surface area contributed by atoms with Gasteiger partial charge in [-0.25, -0.2) is 27.4 Å². The lowest BCUT2D eigenvalue weighted by atomic mass is 10.2. The number of aryl methyl sites for hydroxylation is 2. The third kappa shape index (κ3) is 8.66. The third-order valence-electron chi connectivity index (χ3n) is 4.90. The Morgan fingerprint density at radius 2 is 1.72 bits per heavy atom. The fraction of sp³-hybridized carbons (Fsp3) is 0.304. The molecule has 0 saturated heterocycles. The van der Waals surface area contributed by atoms with Crippen LogP contribution < -0.4 is 9.62 Å². The Morgan fingerprint density at radius 1 is 1.13 bits per heavy atom. The van der Waals surface area contributed by atoms with Crippen LogP contribution in [0.4, 0.5) is 29.1 Å². The molecule has 3 N–H and O–H groups in total. The van der Waals surface area contributed by atoms with E-state index in [1.54, 1.807) is 11.9 Å². The first-order chi connectivity index (χ1) is 18.0. The van der Waals surface area contributed by atoms with E-state index in [1.165, 1.54) is 12.3 Å². The lowest BCUT2D eigenvalue weighted by molar-refractivity contribution is -0.192. The number of aromatic carboxylic acids is 1. The molecule has 11 nitrogen and oxygen atoms in total. The zero-order valence-corrected chi connectivity index (χ0v) is 21.7. The number of carboxylic acids is 2. The molecule has 0 spiro atoms. The summed E-state index contributed by atoms with van der Waals surface area (Å²) in [6, 6.07) is 7.42. The monoisotopic (exact) mass is 575 g/mol. The van der Waals surface area contributed by atoms with Gasteiger partial charge in [-0.15, -0.1) is 0 Å². The van der Waals surface area contributed by atoms with E-state index in [-0.39, 0.29) is 22.0 Å². The molecule has 0 aliphatic heterocycles. The first-order valence-electron chi connectivity index (χ1n) is 11.1. The fourth-order valence-electron chi connectivity index (χ4n) is 3.25. The molecule has 0 radical (unpaired) electrons. The Morgan fingerprint density at radius 3 is 2.23 bits per heavy atom. The van der Waals surface area contributed by atoms with Crippen molar-refractivity contribution in [3.8, 4) is 0 Å². The number of aliphatic carboxylic acids is 1. The Labute approximate surface area is 220 Å². The van der Waals surface area contributed by atoms with Gasteiger partial charge in [-0.05, 0) is 49.7 Å². The highest BCUT2D eigenvalue weighted by Gasteiger charge is 2.38. The number of alkyl halides is 3. The Hall–Kier alpha value is -4.21. The van der Waals surface area contributed by atoms with Gasteiger partial charge >= 0.3 is 18.1 Å². The van der Waals surface area contributed by atoms with Crippen LogP contribution >= 0.6 is 0 Å². The number of nitrogens with zero attached hydrogens (tertiary/aromatic N) is 4. The van der Waals surface area contributed by atoms with E-state index >= 15 is 0 Å². The number of pyridine rings is 1. The van der Waals surface area contributed by atoms with Crippen molar-refractivity contribution < 1.29 is 45.8 Å². The SMILES string of the molecule is CCCn1nc(C)cc1CN(C)c1ncc(NS(=O)(=O)c2ccc(F)cc2)cc1C(=O)O.O=C(O)C(F)(F)F. The smallest absolute Gasteiger partial charge is 0.478 e. The maximum absolute atomic E-state index is 13.1. The van der Waals surface area contributed by atoms with Crippen molar-refractivity contribution in [2.75, 3.05) is 16.7 Å². The normalized spacial score (nSPS) is 11.4. The maximum Gasteiger partial charge on any atom is 0.490 e. The number of hydrogen-bond acceptors (Lipinski definition) is 7. The molecule has 212 valence electrons. The summed E-state index contributed by atoms with van der Waals surface area (Å²) in [4.78, 5) is 26.5. The summed E-state index contributed by atoms with van der Waals surface area (Å²) < 4.78 is 74.0. The van der Waals surface area contributed by atoms with Crippen LogP contribution in [0, 0.1) is 12.7 Å². The summed E-state index contributed by atoms with van der Waals surface area (Å²) >= 11 is 0. The van der Waals surface area contributed by atoms with Crippen molar-refractivity contribution in [1.29, 1.82) is 0 Å². The quantitative estimate of drug-likeness (QED) is 0.322. The molecule has 16 heteroatoms. The van der Waals surface area contributed by atoms with Crippen LogP contribution in [-0.4, -0.2) is 58.6 Å². The predicted molar refractivity (Wildman–Crippen MR) is 131 cm³/mol. The Bertz CT molecular complexity index is 1430. The Kier molecular flexibility index (Phi) is 9.98. The average Bonchev–Trinajstić information content (AvgIpc) is 3.17. The van der Waals surface area contributed by atoms with Crippen LogP contribution in [0.5, 0.6) is 0 Å². The lowest BCUT2D eigenvalue weighted by Gasteiger charge is -2.21. The third-order valence-corrected chi connectivity index (χ3v) is 6.29. The van der Waals surface area contributed by atoms with Gasteiger partial charge < -0.3 is 15.1 Å². The van der Waals surface area contributed by atoms with Gasteiger partial charge in [0.2, 0.25) is 0 Å². The van der Waals surface area contributed by atoms with E-state index in [4.69, 9.17) is 9.90 Å². The minimum Gasteiger partial charge on any atom is -0.478 e. The summed E-state index contributed by atoms with van der Waals surface area (Å²) in [7, 11) is -2.33. The number of nitrogens with one attached hydrogen (secondary N) is 1. The number of carbonyl (C=O) groups is 2. The summed E-state index contributed by atoms with van der Waals surface area (Å²) in [5, 5.41) is 21.3. The van der Waals surface area contributed by atoms with Gasteiger partial charge in [0.1, 0.15) is 17.2 Å². The van der Waals surface area contributed by atoms with Crippen molar-refractivity contribution in [2.24, 2.45) is 0 Å². The molecule has 2 aromatic heterocycles. The van der Waals surface area contributed by atoms with E-state index in [2.05, 4.69) is 14.8 Å². The van der Waals surface area contributed by atoms with Gasteiger partial charge in [-0.1, -0.05) is 6.92 Å². The molecule has 3 aromatic rings. The number of aromatic nitrogens is 3. The van der Waals surface area contributed by atoms with Gasteiger partial charge in [0.25, 0.3) is 10.0 Å². The molecule has 0 atom stereocenters. The number of benzene rings is 1. The molecule has 0 aliphatic carbocycles. The number of carboxylic acid groups (broad SMARTS) is 2. The van der Waals surface area contributed by atoms with Gasteiger partial charge in [0.15, 0.2) is 0 Å². The predicted octanol–water partition coefficient (Wildman–Crippen LogP) is 3.90. The number of sulfonamides is 1. The Balaban J connectivity index is 0.000000673. The zero-order chi connectivity index (χ0) is 29.5. The van der Waals surface area contributed by atoms with E-state index < -0.39 is 34.0 Å². The topological polar surface area (TPSA) is 155 Å². The first kappa shape index (κ1) is 31.0. The van der Waals surface area contributed by atoms with Gasteiger partial charge in [-0.2, -0.15) is 18.3 Å². The average molecular weight is 576 g/mol. The van der Waals surface area contributed by atoms with Crippen molar-refractivity contribution in [1.82, 2.24) is 14.8 Å². The summed E-state index contributed by atoms with van der Waals surface area (Å²) in [5.74, 6) is -4.39. The molecular weight excluding hydrogens is 550 g/mol. The second kappa shape index (κ2) is 12.6. The van der Waals surface area contributed by atoms with Crippen LogP contribution in [-0.2, 0) is 27.9 Å². The second-order valence-corrected chi connectivity index (χ2v) is 9.80. The van der Waals surface area contributed by atoms with Crippen molar-refractivity contribution in [2.45, 2.75) is 44.4 Å². The lowest BCUT2D eigenvalue weighted by Crippen LogP contribution is -2.23. The minimum atomic E-state index is -5.08. The van der Waals surface area contributed by atoms with E-state index in [0.717, 1.165) is 48.6 Å². The molecular formula is C23H25F4N5O6S. The molecule has 0 fully saturated rings. The molecule has 0 amide bonds. The molecule has 39 heavy (non-hydrogen) atoms. The van der Waals surface area contributed by atoms with Gasteiger partial charge in [0, 0.05) is 13.6 Å².